The van der Waals surface area contributed by atoms with E-state index in [1.54, 1.807) is 25.5 Å². The molecule has 0 aromatic carbocycles. The highest BCUT2D eigenvalue weighted by Crippen LogP contribution is 2.07. The molecule has 1 aromatic rings. The number of likely N-dealkylation sites (N-methyl/N-ethyl adjacent to an activating group) is 1. The molecule has 1 fully saturated rings. The number of piperazine rings is 1. The molecule has 1 aromatic heterocycles. The fraction of sp³-hybridized carbons (Fsp3) is 0.545. The molecular formula is C11H17N5O. The molecule has 1 amide bonds. The lowest BCUT2D eigenvalue weighted by Crippen LogP contribution is -2.57. The summed E-state index contributed by atoms with van der Waals surface area (Å²) in [4.78, 5) is 22.2. The van der Waals surface area contributed by atoms with Crippen molar-refractivity contribution in [2.75, 3.05) is 26.7 Å². The van der Waals surface area contributed by atoms with Gasteiger partial charge in [0, 0.05) is 39.1 Å². The maximum absolute atomic E-state index is 11.7. The Morgan fingerprint density at radius 1 is 1.59 bits per heavy atom. The molecule has 2 N–H and O–H groups in total. The Labute approximate surface area is 100 Å². The molecule has 1 unspecified atom stereocenters. The third-order valence-corrected chi connectivity index (χ3v) is 2.87. The Hall–Kier alpha value is -1.53. The highest BCUT2D eigenvalue weighted by Gasteiger charge is 2.28. The molecule has 0 radical (unpaired) electrons. The van der Waals surface area contributed by atoms with Crippen molar-refractivity contribution < 1.29 is 4.79 Å². The van der Waals surface area contributed by atoms with Gasteiger partial charge in [-0.15, -0.1) is 0 Å². The number of rotatable bonds is 3. The quantitative estimate of drug-likeness (QED) is 0.703. The summed E-state index contributed by atoms with van der Waals surface area (Å²) in [5.74, 6) is 0.788. The van der Waals surface area contributed by atoms with Crippen molar-refractivity contribution in [1.82, 2.24) is 25.5 Å². The third-order valence-electron chi connectivity index (χ3n) is 2.87. The normalized spacial score (nSPS) is 21.1. The van der Waals surface area contributed by atoms with E-state index in [9.17, 15) is 4.79 Å². The van der Waals surface area contributed by atoms with Crippen LogP contribution in [0.3, 0.4) is 0 Å². The van der Waals surface area contributed by atoms with Gasteiger partial charge >= 0.3 is 0 Å². The molecular weight excluding hydrogens is 218 g/mol. The summed E-state index contributed by atoms with van der Waals surface area (Å²) in [6.45, 7) is 3.00. The minimum Gasteiger partial charge on any atom is -0.358 e. The largest absolute Gasteiger partial charge is 0.358 e. The van der Waals surface area contributed by atoms with Gasteiger partial charge in [0.05, 0.1) is 6.54 Å². The predicted molar refractivity (Wildman–Crippen MR) is 63.2 cm³/mol. The van der Waals surface area contributed by atoms with E-state index in [4.69, 9.17) is 0 Å². The van der Waals surface area contributed by atoms with E-state index in [0.717, 1.165) is 18.9 Å². The maximum Gasteiger partial charge on any atom is 0.238 e. The van der Waals surface area contributed by atoms with Crippen LogP contribution in [-0.2, 0) is 11.3 Å². The van der Waals surface area contributed by atoms with Gasteiger partial charge in [0.15, 0.2) is 0 Å². The van der Waals surface area contributed by atoms with E-state index in [2.05, 4.69) is 25.5 Å². The van der Waals surface area contributed by atoms with Gasteiger partial charge in [-0.1, -0.05) is 0 Å². The summed E-state index contributed by atoms with van der Waals surface area (Å²) >= 11 is 0. The number of carbonyl (C=O) groups excluding carboxylic acids is 1. The summed E-state index contributed by atoms with van der Waals surface area (Å²) in [5.41, 5.74) is 0. The van der Waals surface area contributed by atoms with Crippen molar-refractivity contribution in [2.24, 2.45) is 0 Å². The average Bonchev–Trinajstić information content (AvgIpc) is 2.40. The monoisotopic (exact) mass is 235 g/mol. The molecule has 0 aliphatic carbocycles. The molecule has 17 heavy (non-hydrogen) atoms. The minimum absolute atomic E-state index is 0.0353. The second-order valence-corrected chi connectivity index (χ2v) is 3.97. The summed E-state index contributed by atoms with van der Waals surface area (Å²) in [5, 5.41) is 5.91. The van der Waals surface area contributed by atoms with Crippen molar-refractivity contribution in [3.05, 3.63) is 24.3 Å². The number of hydrogen-bond acceptors (Lipinski definition) is 5. The van der Waals surface area contributed by atoms with Gasteiger partial charge < -0.3 is 10.6 Å². The van der Waals surface area contributed by atoms with Crippen molar-refractivity contribution in [3.8, 4) is 0 Å². The molecule has 0 bridgehead atoms. The Bertz CT molecular complexity index is 369. The van der Waals surface area contributed by atoms with Gasteiger partial charge in [-0.25, -0.2) is 9.97 Å². The molecule has 6 heteroatoms. The second-order valence-electron chi connectivity index (χ2n) is 3.97. The van der Waals surface area contributed by atoms with Crippen LogP contribution in [0.25, 0.3) is 0 Å². The van der Waals surface area contributed by atoms with Crippen LogP contribution in [0.15, 0.2) is 18.5 Å². The summed E-state index contributed by atoms with van der Waals surface area (Å²) in [7, 11) is 1.66. The molecule has 0 saturated carbocycles. The Kier molecular flexibility index (Phi) is 4.00. The van der Waals surface area contributed by atoms with E-state index in [0.29, 0.717) is 13.1 Å². The van der Waals surface area contributed by atoms with Gasteiger partial charge in [0.25, 0.3) is 0 Å². The fourth-order valence-electron chi connectivity index (χ4n) is 1.95. The van der Waals surface area contributed by atoms with Crippen LogP contribution in [-0.4, -0.2) is 53.5 Å². The van der Waals surface area contributed by atoms with Crippen LogP contribution in [0.5, 0.6) is 0 Å². The molecule has 1 aliphatic heterocycles. The number of hydrogen-bond donors (Lipinski definition) is 2. The summed E-state index contributed by atoms with van der Waals surface area (Å²) in [6, 6.07) is 1.65. The number of nitrogens with zero attached hydrogens (tertiary/aromatic N) is 3. The van der Waals surface area contributed by atoms with Gasteiger partial charge in [0.1, 0.15) is 11.9 Å². The van der Waals surface area contributed by atoms with Gasteiger partial charge in [0.2, 0.25) is 5.91 Å². The van der Waals surface area contributed by atoms with Crippen molar-refractivity contribution in [2.45, 2.75) is 12.6 Å². The minimum atomic E-state index is -0.141. The molecule has 2 rings (SSSR count). The Balaban J connectivity index is 2.04. The van der Waals surface area contributed by atoms with Gasteiger partial charge in [-0.2, -0.15) is 0 Å². The SMILES string of the molecule is CNC(=O)C1CNCCN1Cc1ncccn1. The molecule has 6 nitrogen and oxygen atoms in total. The third kappa shape index (κ3) is 2.98. The number of aromatic nitrogens is 2. The van der Waals surface area contributed by atoms with Crippen LogP contribution in [0.1, 0.15) is 5.82 Å². The first-order chi connectivity index (χ1) is 8.31. The maximum atomic E-state index is 11.7. The lowest BCUT2D eigenvalue weighted by Gasteiger charge is -2.34. The molecule has 1 saturated heterocycles. The standard InChI is InChI=1S/C11H17N5O/c1-12-11(17)9-7-13-5-6-16(9)8-10-14-3-2-4-15-10/h2-4,9,13H,5-8H2,1H3,(H,12,17). The highest BCUT2D eigenvalue weighted by atomic mass is 16.2. The number of nitrogens with one attached hydrogen (secondary N) is 2. The first kappa shape index (κ1) is 11.9. The van der Waals surface area contributed by atoms with Gasteiger partial charge in [-0.3, -0.25) is 9.69 Å². The van der Waals surface area contributed by atoms with Crippen molar-refractivity contribution in [1.29, 1.82) is 0 Å². The molecule has 1 aliphatic rings. The smallest absolute Gasteiger partial charge is 0.238 e. The fourth-order valence-corrected chi connectivity index (χ4v) is 1.95. The predicted octanol–water partition coefficient (Wildman–Crippen LogP) is -1.00. The van der Waals surface area contributed by atoms with E-state index in [-0.39, 0.29) is 11.9 Å². The number of carbonyl (C=O) groups is 1. The molecule has 2 heterocycles. The zero-order valence-electron chi connectivity index (χ0n) is 9.89. The van der Waals surface area contributed by atoms with E-state index >= 15 is 0 Å². The molecule has 0 spiro atoms. The lowest BCUT2D eigenvalue weighted by molar-refractivity contribution is -0.126. The highest BCUT2D eigenvalue weighted by molar-refractivity contribution is 5.81. The topological polar surface area (TPSA) is 70.2 Å². The average molecular weight is 235 g/mol. The Morgan fingerprint density at radius 3 is 3.06 bits per heavy atom. The van der Waals surface area contributed by atoms with Crippen LogP contribution in [0.4, 0.5) is 0 Å². The van der Waals surface area contributed by atoms with E-state index in [1.165, 1.54) is 0 Å². The molecule has 92 valence electrons. The first-order valence-corrected chi connectivity index (χ1v) is 5.73. The number of amides is 1. The zero-order chi connectivity index (χ0) is 12.1. The van der Waals surface area contributed by atoms with E-state index in [1.807, 2.05) is 0 Å². The lowest BCUT2D eigenvalue weighted by atomic mass is 10.1. The van der Waals surface area contributed by atoms with Crippen LogP contribution < -0.4 is 10.6 Å². The van der Waals surface area contributed by atoms with Crippen molar-refractivity contribution >= 4 is 5.91 Å². The van der Waals surface area contributed by atoms with Crippen LogP contribution in [0.2, 0.25) is 0 Å². The van der Waals surface area contributed by atoms with Gasteiger partial charge in [-0.05, 0) is 6.07 Å². The first-order valence-electron chi connectivity index (χ1n) is 5.73. The van der Waals surface area contributed by atoms with Crippen molar-refractivity contribution in [3.63, 3.8) is 0 Å². The molecule has 1 atom stereocenters. The van der Waals surface area contributed by atoms with Crippen LogP contribution >= 0.6 is 0 Å². The summed E-state index contributed by atoms with van der Waals surface area (Å²) in [6.07, 6.45) is 3.44. The zero-order valence-corrected chi connectivity index (χ0v) is 9.89. The second kappa shape index (κ2) is 5.70. The van der Waals surface area contributed by atoms with Crippen LogP contribution in [0, 0.1) is 0 Å². The summed E-state index contributed by atoms with van der Waals surface area (Å²) < 4.78 is 0. The Morgan fingerprint density at radius 2 is 2.35 bits per heavy atom. The van der Waals surface area contributed by atoms with E-state index < -0.39 is 0 Å².